The Balaban J connectivity index is 1.38. The van der Waals surface area contributed by atoms with Gasteiger partial charge < -0.3 is 29.9 Å². The molecule has 0 amide bonds. The number of hydrogen-bond acceptors (Lipinski definition) is 11. The summed E-state index contributed by atoms with van der Waals surface area (Å²) in [6, 6.07) is 5.68. The molecule has 216 valence electrons. The number of pyridine rings is 1. The van der Waals surface area contributed by atoms with E-state index in [1.807, 2.05) is 43.2 Å². The van der Waals surface area contributed by atoms with Crippen LogP contribution in [0.3, 0.4) is 0 Å². The molecule has 15 heteroatoms. The fraction of sp³-hybridized carbons (Fsp3) is 0.259. The van der Waals surface area contributed by atoms with E-state index >= 15 is 0 Å². The van der Waals surface area contributed by atoms with Gasteiger partial charge in [-0.05, 0) is 34.1 Å². The van der Waals surface area contributed by atoms with Gasteiger partial charge in [-0.1, -0.05) is 0 Å². The molecule has 6 rings (SSSR count). The van der Waals surface area contributed by atoms with Gasteiger partial charge in [0.1, 0.15) is 22.8 Å². The van der Waals surface area contributed by atoms with Crippen LogP contribution in [0, 0.1) is 0 Å². The van der Waals surface area contributed by atoms with E-state index in [4.69, 9.17) is 14.7 Å². The maximum absolute atomic E-state index is 12.8. The van der Waals surface area contributed by atoms with Crippen LogP contribution in [-0.2, 0) is 18.0 Å². The predicted octanol–water partition coefficient (Wildman–Crippen LogP) is 5.42. The molecule has 0 aliphatic carbocycles. The van der Waals surface area contributed by atoms with Crippen LogP contribution in [0.1, 0.15) is 5.69 Å². The fourth-order valence-electron chi connectivity index (χ4n) is 4.87. The lowest BCUT2D eigenvalue weighted by molar-refractivity contribution is 0.400. The number of nitrogens with zero attached hydrogens (tertiary/aromatic N) is 8. The number of benzene rings is 1. The Labute approximate surface area is 250 Å². The Kier molecular flexibility index (Phi) is 7.19. The minimum Gasteiger partial charge on any atom is -0.479 e. The van der Waals surface area contributed by atoms with Gasteiger partial charge in [0, 0.05) is 75.8 Å². The van der Waals surface area contributed by atoms with Crippen molar-refractivity contribution in [3.63, 3.8) is 0 Å². The van der Waals surface area contributed by atoms with Crippen molar-refractivity contribution in [2.45, 2.75) is 6.42 Å². The van der Waals surface area contributed by atoms with Crippen molar-refractivity contribution in [3.05, 3.63) is 53.2 Å². The number of nitrogens with one attached hydrogen (secondary N) is 3. The number of likely N-dealkylation sites (N-methyl/N-ethyl adjacent to an activating group) is 1. The van der Waals surface area contributed by atoms with Crippen molar-refractivity contribution in [2.75, 3.05) is 54.7 Å². The average molecular weight is 650 g/mol. The molecule has 0 fully saturated rings. The van der Waals surface area contributed by atoms with Crippen LogP contribution in [0.4, 0.5) is 34.6 Å². The first-order valence-electron chi connectivity index (χ1n) is 13.1. The maximum Gasteiger partial charge on any atom is 0.239 e. The van der Waals surface area contributed by atoms with E-state index < -0.39 is 7.29 Å². The standard InChI is InChI=1S/C27H29BrN11O2P/c1-38-11-8-21-16(13-32-39(21)2)15-12-20(26(41-3)36-25(15)38)34-27-31-14-17(28)24(35-27)33-19-7-6-18-22(30-10-9-29-18)23(19)37-42(4,5)40/h6-7,9-10,12-14H,8,11H2,1-5H3,(H,37,40)(H2,31,33,34,35). The molecule has 3 N–H and O–H groups in total. The third-order valence-electron chi connectivity index (χ3n) is 6.82. The van der Waals surface area contributed by atoms with Gasteiger partial charge in [-0.2, -0.15) is 15.1 Å². The zero-order chi connectivity index (χ0) is 29.6. The molecule has 0 radical (unpaired) electrons. The summed E-state index contributed by atoms with van der Waals surface area (Å²) >= 11 is 3.55. The number of fused-ring (bicyclic) bond motifs is 4. The van der Waals surface area contributed by atoms with Gasteiger partial charge >= 0.3 is 0 Å². The number of anilines is 6. The first kappa shape index (κ1) is 27.9. The number of halogens is 1. The van der Waals surface area contributed by atoms with Crippen LogP contribution in [-0.4, -0.2) is 68.7 Å². The molecule has 0 spiro atoms. The first-order valence-corrected chi connectivity index (χ1v) is 16.5. The molecule has 42 heavy (non-hydrogen) atoms. The molecule has 4 aromatic heterocycles. The largest absolute Gasteiger partial charge is 0.479 e. The quantitative estimate of drug-likeness (QED) is 0.193. The molecular formula is C27H29BrN11O2P. The summed E-state index contributed by atoms with van der Waals surface area (Å²) in [6.07, 6.45) is 7.58. The summed E-state index contributed by atoms with van der Waals surface area (Å²) in [4.78, 5) is 25.0. The van der Waals surface area contributed by atoms with E-state index in [2.05, 4.69) is 56.6 Å². The average Bonchev–Trinajstić information content (AvgIpc) is 3.26. The predicted molar refractivity (Wildman–Crippen MR) is 169 cm³/mol. The number of aromatic nitrogens is 7. The SMILES string of the molecule is COc1nc2c(cc1Nc1ncc(Br)c(Nc3ccc4nccnc4c3NP(C)(C)=O)n1)-c1cnn(C)c1CCN2C. The highest BCUT2D eigenvalue weighted by Gasteiger charge is 2.25. The smallest absolute Gasteiger partial charge is 0.239 e. The minimum absolute atomic E-state index is 0.320. The number of hydrogen-bond donors (Lipinski definition) is 3. The van der Waals surface area contributed by atoms with Crippen LogP contribution in [0.2, 0.25) is 0 Å². The summed E-state index contributed by atoms with van der Waals surface area (Å²) in [5.41, 5.74) is 6.18. The Morgan fingerprint density at radius 2 is 1.81 bits per heavy atom. The van der Waals surface area contributed by atoms with Crippen LogP contribution >= 0.6 is 23.2 Å². The normalized spacial score (nSPS) is 12.9. The first-order chi connectivity index (χ1) is 20.1. The Morgan fingerprint density at radius 3 is 2.60 bits per heavy atom. The van der Waals surface area contributed by atoms with Crippen molar-refractivity contribution in [2.24, 2.45) is 7.05 Å². The third-order valence-corrected chi connectivity index (χ3v) is 8.17. The Hall–Kier alpha value is -4.29. The molecule has 5 aromatic rings. The summed E-state index contributed by atoms with van der Waals surface area (Å²) in [6.45, 7) is 4.11. The second-order valence-corrected chi connectivity index (χ2v) is 14.0. The maximum atomic E-state index is 12.8. The molecule has 1 aromatic carbocycles. The van der Waals surface area contributed by atoms with Gasteiger partial charge in [0.25, 0.3) is 0 Å². The summed E-state index contributed by atoms with van der Waals surface area (Å²) < 4.78 is 21.0. The highest BCUT2D eigenvalue weighted by atomic mass is 79.9. The molecule has 1 aliphatic rings. The van der Waals surface area contributed by atoms with Gasteiger partial charge in [-0.25, -0.2) is 4.98 Å². The number of aryl methyl sites for hydroxylation is 1. The van der Waals surface area contributed by atoms with E-state index in [9.17, 15) is 4.57 Å². The number of rotatable bonds is 7. The van der Waals surface area contributed by atoms with Gasteiger partial charge in [-0.3, -0.25) is 14.6 Å². The van der Waals surface area contributed by atoms with Crippen molar-refractivity contribution < 1.29 is 9.30 Å². The molecule has 0 saturated carbocycles. The second-order valence-electron chi connectivity index (χ2n) is 10.2. The number of ether oxygens (including phenoxy) is 1. The topological polar surface area (TPSA) is 148 Å². The zero-order valence-corrected chi connectivity index (χ0v) is 26.2. The molecule has 0 bridgehead atoms. The molecule has 0 atom stereocenters. The van der Waals surface area contributed by atoms with Gasteiger partial charge in [0.2, 0.25) is 11.8 Å². The van der Waals surface area contributed by atoms with Crippen LogP contribution in [0.25, 0.3) is 22.2 Å². The van der Waals surface area contributed by atoms with E-state index in [-0.39, 0.29) is 0 Å². The molecule has 0 unspecified atom stereocenters. The minimum atomic E-state index is -2.68. The second kappa shape index (κ2) is 10.8. The highest BCUT2D eigenvalue weighted by Crippen LogP contribution is 2.44. The van der Waals surface area contributed by atoms with Crippen LogP contribution < -0.4 is 25.4 Å². The monoisotopic (exact) mass is 649 g/mol. The zero-order valence-electron chi connectivity index (χ0n) is 23.7. The van der Waals surface area contributed by atoms with Gasteiger partial charge in [0.15, 0.2) is 7.29 Å². The van der Waals surface area contributed by atoms with Crippen molar-refractivity contribution in [1.29, 1.82) is 0 Å². The molecule has 13 nitrogen and oxygen atoms in total. The molecule has 0 saturated heterocycles. The van der Waals surface area contributed by atoms with E-state index in [0.717, 1.165) is 35.6 Å². The van der Waals surface area contributed by atoms with E-state index in [0.29, 0.717) is 50.2 Å². The molecule has 5 heterocycles. The lowest BCUT2D eigenvalue weighted by Gasteiger charge is -2.20. The fourth-order valence-corrected chi connectivity index (χ4v) is 5.93. The Bertz CT molecular complexity index is 1870. The van der Waals surface area contributed by atoms with Crippen molar-refractivity contribution >= 4 is 68.9 Å². The van der Waals surface area contributed by atoms with Crippen LogP contribution in [0.15, 0.2) is 47.5 Å². The summed E-state index contributed by atoms with van der Waals surface area (Å²) in [5, 5.41) is 14.2. The lowest BCUT2D eigenvalue weighted by atomic mass is 10.1. The summed E-state index contributed by atoms with van der Waals surface area (Å²) in [5.74, 6) is 2.03. The Morgan fingerprint density at radius 1 is 1.00 bits per heavy atom. The molecular weight excluding hydrogens is 621 g/mol. The number of methoxy groups -OCH3 is 1. The lowest BCUT2D eigenvalue weighted by Crippen LogP contribution is -2.21. The van der Waals surface area contributed by atoms with Crippen molar-refractivity contribution in [1.82, 2.24) is 34.7 Å². The van der Waals surface area contributed by atoms with E-state index in [1.54, 1.807) is 39.0 Å². The third kappa shape index (κ3) is 5.35. The molecule has 1 aliphatic heterocycles. The summed E-state index contributed by atoms with van der Waals surface area (Å²) in [7, 11) is 2.87. The van der Waals surface area contributed by atoms with E-state index in [1.165, 1.54) is 0 Å². The van der Waals surface area contributed by atoms with Gasteiger partial charge in [0.05, 0.1) is 34.7 Å². The van der Waals surface area contributed by atoms with Crippen molar-refractivity contribution in [3.8, 4) is 17.0 Å². The highest BCUT2D eigenvalue weighted by molar-refractivity contribution is 9.10. The van der Waals surface area contributed by atoms with Crippen LogP contribution in [0.5, 0.6) is 5.88 Å². The van der Waals surface area contributed by atoms with Gasteiger partial charge in [-0.15, -0.1) is 0 Å².